The Hall–Kier alpha value is -1.99. The van der Waals surface area contributed by atoms with Crippen LogP contribution in [0.2, 0.25) is 0 Å². The van der Waals surface area contributed by atoms with Gasteiger partial charge in [0.15, 0.2) is 5.96 Å². The van der Waals surface area contributed by atoms with Gasteiger partial charge in [0.2, 0.25) is 5.91 Å². The molecule has 162 valence electrons. The van der Waals surface area contributed by atoms with Crippen LogP contribution in [0, 0.1) is 0 Å². The van der Waals surface area contributed by atoms with E-state index in [-0.39, 0.29) is 30.6 Å². The van der Waals surface area contributed by atoms with Gasteiger partial charge in [-0.1, -0.05) is 26.2 Å². The van der Waals surface area contributed by atoms with Gasteiger partial charge < -0.3 is 25.2 Å². The number of amides is 2. The Morgan fingerprint density at radius 3 is 2.46 bits per heavy atom. The van der Waals surface area contributed by atoms with E-state index in [2.05, 4.69) is 29.5 Å². The second-order valence-electron chi connectivity index (χ2n) is 7.60. The zero-order valence-electron chi connectivity index (χ0n) is 18.3. The Morgan fingerprint density at radius 1 is 1.21 bits per heavy atom. The maximum Gasteiger partial charge on any atom is 0.409 e. The van der Waals surface area contributed by atoms with E-state index >= 15 is 0 Å². The lowest BCUT2D eigenvalue weighted by Crippen LogP contribution is -2.51. The molecule has 0 aliphatic carbocycles. The monoisotopic (exact) mass is 397 g/mol. The number of guanidine groups is 1. The quantitative estimate of drug-likeness (QED) is 0.354. The Bertz CT molecular complexity index is 502. The van der Waals surface area contributed by atoms with Crippen LogP contribution in [0.4, 0.5) is 4.79 Å². The predicted octanol–water partition coefficient (Wildman–Crippen LogP) is 2.20. The van der Waals surface area contributed by atoms with E-state index < -0.39 is 0 Å². The molecule has 2 amide bonds. The molecule has 0 bridgehead atoms. The lowest BCUT2D eigenvalue weighted by molar-refractivity contribution is -0.127. The third-order valence-electron chi connectivity index (χ3n) is 4.86. The largest absolute Gasteiger partial charge is 0.450 e. The molecule has 1 fully saturated rings. The Kier molecular flexibility index (Phi) is 11.4. The highest BCUT2D eigenvalue weighted by Crippen LogP contribution is 2.12. The molecule has 2 N–H and O–H groups in total. The van der Waals surface area contributed by atoms with Gasteiger partial charge in [-0.2, -0.15) is 0 Å². The van der Waals surface area contributed by atoms with Crippen LogP contribution < -0.4 is 10.6 Å². The fourth-order valence-electron chi connectivity index (χ4n) is 3.04. The molecule has 8 nitrogen and oxygen atoms in total. The van der Waals surface area contributed by atoms with Crippen molar-refractivity contribution in [3.63, 3.8) is 0 Å². The van der Waals surface area contributed by atoms with Crippen molar-refractivity contribution in [2.45, 2.75) is 71.4 Å². The van der Waals surface area contributed by atoms with Crippen molar-refractivity contribution in [1.82, 2.24) is 20.4 Å². The fourth-order valence-corrected chi connectivity index (χ4v) is 3.04. The van der Waals surface area contributed by atoms with Gasteiger partial charge in [-0.05, 0) is 33.1 Å². The molecule has 1 saturated heterocycles. The van der Waals surface area contributed by atoms with Crippen LogP contribution in [0.3, 0.4) is 0 Å². The minimum absolute atomic E-state index is 0.0307. The van der Waals surface area contributed by atoms with Gasteiger partial charge in [0.1, 0.15) is 6.54 Å². The number of hydrogen-bond acceptors (Lipinski definition) is 4. The molecular weight excluding hydrogens is 358 g/mol. The molecule has 0 saturated carbocycles. The van der Waals surface area contributed by atoms with Gasteiger partial charge in [-0.15, -0.1) is 0 Å². The van der Waals surface area contributed by atoms with E-state index in [9.17, 15) is 9.59 Å². The summed E-state index contributed by atoms with van der Waals surface area (Å²) in [6.45, 7) is 7.99. The highest BCUT2D eigenvalue weighted by atomic mass is 16.6. The van der Waals surface area contributed by atoms with Crippen LogP contribution >= 0.6 is 0 Å². The number of carbonyl (C=O) groups excluding carboxylic acids is 2. The summed E-state index contributed by atoms with van der Waals surface area (Å²) in [6.07, 6.45) is 6.06. The number of piperidine rings is 1. The number of likely N-dealkylation sites (tertiary alicyclic amines) is 1. The Morgan fingerprint density at radius 2 is 1.89 bits per heavy atom. The van der Waals surface area contributed by atoms with Crippen molar-refractivity contribution in [3.8, 4) is 0 Å². The molecule has 1 aliphatic heterocycles. The summed E-state index contributed by atoms with van der Waals surface area (Å²) in [5, 5.41) is 6.89. The molecule has 0 spiro atoms. The van der Waals surface area contributed by atoms with E-state index in [0.717, 1.165) is 19.3 Å². The number of rotatable bonds is 9. The van der Waals surface area contributed by atoms with Gasteiger partial charge in [0.25, 0.3) is 0 Å². The van der Waals surface area contributed by atoms with E-state index in [1.165, 1.54) is 19.3 Å². The summed E-state index contributed by atoms with van der Waals surface area (Å²) in [5.41, 5.74) is 0. The molecule has 0 aromatic heterocycles. The number of carbonyl (C=O) groups is 2. The molecule has 8 heteroatoms. The van der Waals surface area contributed by atoms with Crippen molar-refractivity contribution in [2.24, 2.45) is 4.99 Å². The van der Waals surface area contributed by atoms with E-state index in [0.29, 0.717) is 25.7 Å². The van der Waals surface area contributed by atoms with Crippen LogP contribution in [0.25, 0.3) is 0 Å². The number of ether oxygens (including phenoxy) is 1. The molecule has 1 heterocycles. The van der Waals surface area contributed by atoms with Gasteiger partial charge in [0.05, 0.1) is 6.61 Å². The number of aliphatic imine (C=N–C) groups is 1. The van der Waals surface area contributed by atoms with Crippen LogP contribution in [0.5, 0.6) is 0 Å². The number of likely N-dealkylation sites (N-methyl/N-ethyl adjacent to an activating group) is 1. The van der Waals surface area contributed by atoms with Crippen LogP contribution in [0.1, 0.15) is 59.3 Å². The molecule has 1 atom stereocenters. The SMILES string of the molecule is CCCCCC(C)NC(=NCC(=O)N(C)C)NC1CCN(C(=O)OCC)CC1. The highest BCUT2D eigenvalue weighted by molar-refractivity contribution is 5.85. The van der Waals surface area contributed by atoms with Crippen LogP contribution in [-0.4, -0.2) is 80.2 Å². The normalized spacial score (nSPS) is 16.5. The van der Waals surface area contributed by atoms with Crippen molar-refractivity contribution in [1.29, 1.82) is 0 Å². The highest BCUT2D eigenvalue weighted by Gasteiger charge is 2.24. The van der Waals surface area contributed by atoms with E-state index in [4.69, 9.17) is 4.74 Å². The average molecular weight is 398 g/mol. The third kappa shape index (κ3) is 9.28. The predicted molar refractivity (Wildman–Crippen MR) is 112 cm³/mol. The van der Waals surface area contributed by atoms with Crippen LogP contribution in [0.15, 0.2) is 4.99 Å². The minimum atomic E-state index is -0.242. The molecule has 1 unspecified atom stereocenters. The summed E-state index contributed by atoms with van der Waals surface area (Å²) in [5.74, 6) is 0.644. The molecular formula is C20H39N5O3. The molecule has 1 aliphatic rings. The van der Waals surface area contributed by atoms with Gasteiger partial charge in [-0.25, -0.2) is 9.79 Å². The number of hydrogen-bond donors (Lipinski definition) is 2. The fraction of sp³-hybridized carbons (Fsp3) is 0.850. The second kappa shape index (κ2) is 13.2. The number of unbranched alkanes of at least 4 members (excludes halogenated alkanes) is 2. The van der Waals surface area contributed by atoms with E-state index in [1.807, 2.05) is 6.92 Å². The van der Waals surface area contributed by atoms with Gasteiger partial charge >= 0.3 is 6.09 Å². The first-order valence-electron chi connectivity index (χ1n) is 10.6. The summed E-state index contributed by atoms with van der Waals surface area (Å²) < 4.78 is 5.07. The summed E-state index contributed by atoms with van der Waals surface area (Å²) in [7, 11) is 3.47. The smallest absolute Gasteiger partial charge is 0.409 e. The lowest BCUT2D eigenvalue weighted by atomic mass is 10.1. The number of nitrogens with zero attached hydrogens (tertiary/aromatic N) is 3. The van der Waals surface area contributed by atoms with Gasteiger partial charge in [-0.3, -0.25) is 4.79 Å². The van der Waals surface area contributed by atoms with Crippen molar-refractivity contribution >= 4 is 18.0 Å². The summed E-state index contributed by atoms with van der Waals surface area (Å²) in [4.78, 5) is 31.5. The molecule has 0 aromatic carbocycles. The molecule has 28 heavy (non-hydrogen) atoms. The maximum absolute atomic E-state index is 11.9. The minimum Gasteiger partial charge on any atom is -0.450 e. The topological polar surface area (TPSA) is 86.3 Å². The first-order chi connectivity index (χ1) is 13.4. The average Bonchev–Trinajstić information content (AvgIpc) is 2.66. The van der Waals surface area contributed by atoms with Crippen LogP contribution in [-0.2, 0) is 9.53 Å². The summed E-state index contributed by atoms with van der Waals surface area (Å²) in [6, 6.07) is 0.501. The number of nitrogens with one attached hydrogen (secondary N) is 2. The third-order valence-corrected chi connectivity index (χ3v) is 4.86. The van der Waals surface area contributed by atoms with E-state index in [1.54, 1.807) is 23.9 Å². The standard InChI is InChI=1S/C20H39N5O3/c1-6-8-9-10-16(3)22-19(21-15-18(26)24(4)5)23-17-11-13-25(14-12-17)20(27)28-7-2/h16-17H,6-15H2,1-5H3,(H2,21,22,23). The molecule has 1 rings (SSSR count). The lowest BCUT2D eigenvalue weighted by Gasteiger charge is -2.33. The van der Waals surface area contributed by atoms with Gasteiger partial charge in [0, 0.05) is 39.3 Å². The first-order valence-corrected chi connectivity index (χ1v) is 10.6. The maximum atomic E-state index is 11.9. The molecule has 0 radical (unpaired) electrons. The second-order valence-corrected chi connectivity index (χ2v) is 7.60. The van der Waals surface area contributed by atoms with Crippen molar-refractivity contribution in [2.75, 3.05) is 40.3 Å². The summed E-state index contributed by atoms with van der Waals surface area (Å²) >= 11 is 0. The zero-order chi connectivity index (χ0) is 20.9. The van der Waals surface area contributed by atoms with Crippen molar-refractivity contribution < 1.29 is 14.3 Å². The zero-order valence-corrected chi connectivity index (χ0v) is 18.3. The Labute approximate surface area is 170 Å². The van der Waals surface area contributed by atoms with Crippen molar-refractivity contribution in [3.05, 3.63) is 0 Å². The molecule has 0 aromatic rings. The first kappa shape index (κ1) is 24.0. The Balaban J connectivity index is 2.60.